The average Bonchev–Trinajstić information content (AvgIpc) is 2.55. The van der Waals surface area contributed by atoms with Crippen molar-refractivity contribution in [3.63, 3.8) is 0 Å². The van der Waals surface area contributed by atoms with Gasteiger partial charge in [0.05, 0.1) is 18.8 Å². The van der Waals surface area contributed by atoms with Crippen LogP contribution in [0.15, 0.2) is 54.6 Å². The molecule has 2 rings (SSSR count). The summed E-state index contributed by atoms with van der Waals surface area (Å²) in [4.78, 5) is 12.4. The van der Waals surface area contributed by atoms with Gasteiger partial charge in [0.2, 0.25) is 0 Å². The number of aliphatic hydroxyl groups is 2. The maximum atomic E-state index is 12.4. The second-order valence-corrected chi connectivity index (χ2v) is 5.58. The number of carbonyl (C=O) groups excluding carboxylic acids is 1. The molecule has 0 aliphatic heterocycles. The highest BCUT2D eigenvalue weighted by Crippen LogP contribution is 2.15. The van der Waals surface area contributed by atoms with E-state index in [4.69, 9.17) is 0 Å². The van der Waals surface area contributed by atoms with Gasteiger partial charge in [0.1, 0.15) is 0 Å². The molecule has 0 heterocycles. The molecule has 0 saturated heterocycles. The van der Waals surface area contributed by atoms with Crippen molar-refractivity contribution in [2.45, 2.75) is 18.9 Å². The first-order chi connectivity index (χ1) is 10.6. The van der Waals surface area contributed by atoms with Crippen LogP contribution in [0.3, 0.4) is 0 Å². The fourth-order valence-electron chi connectivity index (χ4n) is 2.37. The molecule has 0 spiro atoms. The Bertz CT molecular complexity index is 621. The van der Waals surface area contributed by atoms with Gasteiger partial charge in [-0.2, -0.15) is 0 Å². The summed E-state index contributed by atoms with van der Waals surface area (Å²) in [6.45, 7) is 1.23. The topological polar surface area (TPSA) is 69.6 Å². The van der Waals surface area contributed by atoms with Crippen molar-refractivity contribution in [2.24, 2.45) is 0 Å². The number of aryl methyl sites for hydroxylation is 1. The summed E-state index contributed by atoms with van der Waals surface area (Å²) in [5.74, 6) is -0.303. The van der Waals surface area contributed by atoms with Gasteiger partial charge in [0.15, 0.2) is 0 Å². The van der Waals surface area contributed by atoms with Crippen molar-refractivity contribution in [1.29, 1.82) is 0 Å². The summed E-state index contributed by atoms with van der Waals surface area (Å²) in [6.07, 6.45) is 0.360. The Balaban J connectivity index is 2.19. The molecule has 4 nitrogen and oxygen atoms in total. The minimum absolute atomic E-state index is 0.303. The van der Waals surface area contributed by atoms with Gasteiger partial charge >= 0.3 is 0 Å². The molecule has 0 radical (unpaired) electrons. The van der Waals surface area contributed by atoms with Gasteiger partial charge in [0.25, 0.3) is 5.91 Å². The normalized spacial score (nSPS) is 11.2. The SMILES string of the molecule is Cc1cccc(C(=O)NC(CO)(CO)Cc2ccccc2)c1. The first kappa shape index (κ1) is 16.2. The van der Waals surface area contributed by atoms with Gasteiger partial charge in [-0.1, -0.05) is 48.0 Å². The van der Waals surface area contributed by atoms with E-state index in [-0.39, 0.29) is 19.1 Å². The Kier molecular flexibility index (Phi) is 5.31. The van der Waals surface area contributed by atoms with Crippen LogP contribution in [0.2, 0.25) is 0 Å². The Morgan fingerprint density at radius 1 is 1.05 bits per heavy atom. The maximum Gasteiger partial charge on any atom is 0.251 e. The van der Waals surface area contributed by atoms with Crippen molar-refractivity contribution < 1.29 is 15.0 Å². The van der Waals surface area contributed by atoms with Gasteiger partial charge in [-0.05, 0) is 24.6 Å². The largest absolute Gasteiger partial charge is 0.394 e. The van der Waals surface area contributed by atoms with Crippen LogP contribution in [0.1, 0.15) is 21.5 Å². The summed E-state index contributed by atoms with van der Waals surface area (Å²) in [5.41, 5.74) is 1.35. The number of aliphatic hydroxyl groups excluding tert-OH is 2. The highest BCUT2D eigenvalue weighted by atomic mass is 16.3. The minimum atomic E-state index is -1.08. The smallest absolute Gasteiger partial charge is 0.251 e. The first-order valence-corrected chi connectivity index (χ1v) is 7.23. The van der Waals surface area contributed by atoms with E-state index in [1.165, 1.54) is 0 Å². The van der Waals surface area contributed by atoms with Crippen molar-refractivity contribution in [1.82, 2.24) is 5.32 Å². The van der Waals surface area contributed by atoms with Crippen LogP contribution < -0.4 is 5.32 Å². The number of nitrogens with one attached hydrogen (secondary N) is 1. The maximum absolute atomic E-state index is 12.4. The molecule has 0 bridgehead atoms. The zero-order valence-corrected chi connectivity index (χ0v) is 12.6. The molecule has 0 aliphatic carbocycles. The molecular weight excluding hydrogens is 278 g/mol. The predicted molar refractivity (Wildman–Crippen MR) is 85.7 cm³/mol. The fraction of sp³-hybridized carbons (Fsp3) is 0.278. The number of rotatable bonds is 6. The van der Waals surface area contributed by atoms with Crippen LogP contribution in [0.4, 0.5) is 0 Å². The lowest BCUT2D eigenvalue weighted by Crippen LogP contribution is -2.55. The molecule has 2 aromatic carbocycles. The number of benzene rings is 2. The Labute approximate surface area is 130 Å². The van der Waals surface area contributed by atoms with Crippen LogP contribution in [-0.2, 0) is 6.42 Å². The lowest BCUT2D eigenvalue weighted by Gasteiger charge is -2.31. The Morgan fingerprint density at radius 3 is 2.32 bits per heavy atom. The number of carbonyl (C=O) groups is 1. The summed E-state index contributed by atoms with van der Waals surface area (Å²) < 4.78 is 0. The molecule has 0 unspecified atom stereocenters. The van der Waals surface area contributed by atoms with Crippen LogP contribution >= 0.6 is 0 Å². The summed E-state index contributed by atoms with van der Waals surface area (Å²) in [6, 6.07) is 16.7. The van der Waals surface area contributed by atoms with Gasteiger partial charge < -0.3 is 15.5 Å². The molecular formula is C18H21NO3. The zero-order valence-electron chi connectivity index (χ0n) is 12.6. The standard InChI is InChI=1S/C18H21NO3/c1-14-6-5-9-16(10-14)17(22)19-18(12-20,13-21)11-15-7-3-2-4-8-15/h2-10,20-21H,11-13H2,1H3,(H,19,22). The van der Waals surface area contributed by atoms with Crippen molar-refractivity contribution in [2.75, 3.05) is 13.2 Å². The predicted octanol–water partition coefficient (Wildman–Crippen LogP) is 1.69. The van der Waals surface area contributed by atoms with Crippen molar-refractivity contribution in [3.05, 3.63) is 71.3 Å². The summed E-state index contributed by atoms with van der Waals surface area (Å²) in [5, 5.41) is 22.2. The molecule has 0 aliphatic rings. The van der Waals surface area contributed by atoms with Crippen molar-refractivity contribution >= 4 is 5.91 Å². The minimum Gasteiger partial charge on any atom is -0.394 e. The molecule has 3 N–H and O–H groups in total. The Morgan fingerprint density at radius 2 is 1.73 bits per heavy atom. The molecule has 0 aromatic heterocycles. The quantitative estimate of drug-likeness (QED) is 0.760. The molecule has 0 saturated carbocycles. The lowest BCUT2D eigenvalue weighted by atomic mass is 9.91. The molecule has 4 heteroatoms. The van der Waals surface area contributed by atoms with Gasteiger partial charge in [0, 0.05) is 12.0 Å². The molecule has 1 amide bonds. The number of amides is 1. The fourth-order valence-corrected chi connectivity index (χ4v) is 2.37. The second kappa shape index (κ2) is 7.20. The highest BCUT2D eigenvalue weighted by molar-refractivity contribution is 5.94. The zero-order chi connectivity index (χ0) is 16.0. The van der Waals surface area contributed by atoms with E-state index in [9.17, 15) is 15.0 Å². The summed E-state index contributed by atoms with van der Waals surface area (Å²) >= 11 is 0. The van der Waals surface area contributed by atoms with Gasteiger partial charge in [-0.3, -0.25) is 4.79 Å². The van der Waals surface area contributed by atoms with Crippen molar-refractivity contribution in [3.8, 4) is 0 Å². The molecule has 116 valence electrons. The van der Waals surface area contributed by atoms with E-state index >= 15 is 0 Å². The first-order valence-electron chi connectivity index (χ1n) is 7.23. The third kappa shape index (κ3) is 3.93. The molecule has 0 atom stereocenters. The van der Waals surface area contributed by atoms with E-state index in [0.29, 0.717) is 12.0 Å². The molecule has 0 fully saturated rings. The number of hydrogen-bond donors (Lipinski definition) is 3. The van der Waals surface area contributed by atoms with Crippen LogP contribution in [-0.4, -0.2) is 34.9 Å². The average molecular weight is 299 g/mol. The highest BCUT2D eigenvalue weighted by Gasteiger charge is 2.31. The van der Waals surface area contributed by atoms with Crippen LogP contribution in [0.5, 0.6) is 0 Å². The van der Waals surface area contributed by atoms with E-state index < -0.39 is 5.54 Å². The third-order valence-corrected chi connectivity index (χ3v) is 3.65. The lowest BCUT2D eigenvalue weighted by molar-refractivity contribution is 0.0667. The van der Waals surface area contributed by atoms with E-state index in [1.807, 2.05) is 43.3 Å². The Hall–Kier alpha value is -2.17. The summed E-state index contributed by atoms with van der Waals surface area (Å²) in [7, 11) is 0. The van der Waals surface area contributed by atoms with E-state index in [2.05, 4.69) is 5.32 Å². The van der Waals surface area contributed by atoms with Crippen LogP contribution in [0.25, 0.3) is 0 Å². The van der Waals surface area contributed by atoms with Gasteiger partial charge in [-0.15, -0.1) is 0 Å². The van der Waals surface area contributed by atoms with Gasteiger partial charge in [-0.25, -0.2) is 0 Å². The van der Waals surface area contributed by atoms with E-state index in [0.717, 1.165) is 11.1 Å². The number of hydrogen-bond acceptors (Lipinski definition) is 3. The monoisotopic (exact) mass is 299 g/mol. The van der Waals surface area contributed by atoms with E-state index in [1.54, 1.807) is 18.2 Å². The molecule has 22 heavy (non-hydrogen) atoms. The molecule has 2 aromatic rings. The van der Waals surface area contributed by atoms with Crippen LogP contribution in [0, 0.1) is 6.92 Å². The second-order valence-electron chi connectivity index (χ2n) is 5.58. The third-order valence-electron chi connectivity index (χ3n) is 3.65.